The number of carbonyl (C=O) groups is 2. The molecule has 0 bridgehead atoms. The summed E-state index contributed by atoms with van der Waals surface area (Å²) in [5.74, 6) is -0.600. The molecule has 0 spiro atoms. The van der Waals surface area contributed by atoms with E-state index in [4.69, 9.17) is 0 Å². The number of rotatable bonds is 11. The van der Waals surface area contributed by atoms with Gasteiger partial charge in [0, 0.05) is 19.4 Å². The van der Waals surface area contributed by atoms with Gasteiger partial charge < -0.3 is 10.6 Å². The summed E-state index contributed by atoms with van der Waals surface area (Å²) in [4.78, 5) is 23.8. The van der Waals surface area contributed by atoms with Gasteiger partial charge in [-0.3, -0.25) is 9.59 Å². The number of halogens is 2. The first-order chi connectivity index (χ1) is 13.5. The first-order valence-electron chi connectivity index (χ1n) is 9.46. The van der Waals surface area contributed by atoms with Crippen LogP contribution in [0, 0.1) is 0 Å². The van der Waals surface area contributed by atoms with Crippen molar-refractivity contribution in [3.8, 4) is 0 Å². The van der Waals surface area contributed by atoms with E-state index in [9.17, 15) is 18.4 Å². The molecule has 0 fully saturated rings. The Morgan fingerprint density at radius 3 is 1.79 bits per heavy atom. The summed E-state index contributed by atoms with van der Waals surface area (Å²) in [6, 6.07) is 17.7. The maximum Gasteiger partial charge on any atom is 0.258 e. The van der Waals surface area contributed by atoms with Crippen molar-refractivity contribution >= 4 is 11.8 Å². The van der Waals surface area contributed by atoms with Gasteiger partial charge in [-0.2, -0.15) is 0 Å². The monoisotopic (exact) mass is 388 g/mol. The molecule has 2 rings (SSSR count). The van der Waals surface area contributed by atoms with Crippen molar-refractivity contribution in [3.05, 3.63) is 71.8 Å². The Morgan fingerprint density at radius 1 is 0.786 bits per heavy atom. The Kier molecular flexibility index (Phi) is 9.11. The number of nitrogens with one attached hydrogen (secondary N) is 2. The molecule has 150 valence electrons. The minimum atomic E-state index is -2.68. The van der Waals surface area contributed by atoms with Crippen LogP contribution in [0.2, 0.25) is 0 Å². The number of benzene rings is 2. The second-order valence-corrected chi connectivity index (χ2v) is 6.62. The predicted octanol–water partition coefficient (Wildman–Crippen LogP) is 3.51. The van der Waals surface area contributed by atoms with E-state index < -0.39 is 18.4 Å². The molecule has 0 saturated carbocycles. The molecule has 0 aliphatic carbocycles. The number of aryl methyl sites for hydroxylation is 2. The molecule has 28 heavy (non-hydrogen) atoms. The summed E-state index contributed by atoms with van der Waals surface area (Å²) in [5.41, 5.74) is 2.03. The van der Waals surface area contributed by atoms with Gasteiger partial charge in [0.15, 0.2) is 0 Å². The van der Waals surface area contributed by atoms with Crippen molar-refractivity contribution in [2.75, 3.05) is 6.54 Å². The highest BCUT2D eigenvalue weighted by atomic mass is 19.3. The summed E-state index contributed by atoms with van der Waals surface area (Å²) in [7, 11) is 0. The minimum absolute atomic E-state index is 0.00811. The third kappa shape index (κ3) is 8.29. The van der Waals surface area contributed by atoms with E-state index in [1.165, 1.54) is 0 Å². The van der Waals surface area contributed by atoms with Crippen molar-refractivity contribution in [2.45, 2.75) is 44.6 Å². The molecular weight excluding hydrogens is 362 g/mol. The summed E-state index contributed by atoms with van der Waals surface area (Å²) in [6.45, 7) is 0.0988. The van der Waals surface area contributed by atoms with Crippen LogP contribution in [-0.2, 0) is 22.4 Å². The van der Waals surface area contributed by atoms with Crippen LogP contribution < -0.4 is 10.6 Å². The molecule has 4 nitrogen and oxygen atoms in total. The summed E-state index contributed by atoms with van der Waals surface area (Å²) in [6.07, 6.45) is -1.14. The molecule has 0 aliphatic rings. The van der Waals surface area contributed by atoms with Crippen LogP contribution in [0.1, 0.15) is 30.4 Å². The zero-order valence-corrected chi connectivity index (χ0v) is 15.7. The predicted molar refractivity (Wildman–Crippen MR) is 105 cm³/mol. The van der Waals surface area contributed by atoms with Gasteiger partial charge in [0.25, 0.3) is 6.43 Å². The fourth-order valence-corrected chi connectivity index (χ4v) is 2.80. The largest absolute Gasteiger partial charge is 0.356 e. The second-order valence-electron chi connectivity index (χ2n) is 6.62. The zero-order valence-electron chi connectivity index (χ0n) is 15.7. The highest BCUT2D eigenvalue weighted by Crippen LogP contribution is 2.08. The number of hydrogen-bond acceptors (Lipinski definition) is 2. The Hall–Kier alpha value is -2.76. The quantitative estimate of drug-likeness (QED) is 0.619. The fraction of sp³-hybridized carbons (Fsp3) is 0.364. The van der Waals surface area contributed by atoms with Gasteiger partial charge in [-0.15, -0.1) is 0 Å². The summed E-state index contributed by atoms with van der Waals surface area (Å²) >= 11 is 0. The van der Waals surface area contributed by atoms with Crippen molar-refractivity contribution in [1.29, 1.82) is 0 Å². The van der Waals surface area contributed by atoms with Gasteiger partial charge in [0.05, 0.1) is 6.04 Å². The highest BCUT2D eigenvalue weighted by molar-refractivity contribution is 5.77. The lowest BCUT2D eigenvalue weighted by Gasteiger charge is -2.18. The molecule has 2 N–H and O–H groups in total. The molecule has 0 saturated heterocycles. The van der Waals surface area contributed by atoms with Crippen molar-refractivity contribution in [2.24, 2.45) is 0 Å². The van der Waals surface area contributed by atoms with Crippen molar-refractivity contribution < 1.29 is 18.4 Å². The normalized spacial score (nSPS) is 11.8. The molecule has 0 radical (unpaired) electrons. The molecule has 2 aromatic rings. The van der Waals surface area contributed by atoms with Crippen molar-refractivity contribution in [1.82, 2.24) is 10.6 Å². The third-order valence-electron chi connectivity index (χ3n) is 4.40. The Balaban J connectivity index is 1.67. The fourth-order valence-electron chi connectivity index (χ4n) is 2.80. The van der Waals surface area contributed by atoms with Gasteiger partial charge in [-0.05, 0) is 30.4 Å². The summed E-state index contributed by atoms with van der Waals surface area (Å²) < 4.78 is 26.4. The Morgan fingerprint density at radius 2 is 1.29 bits per heavy atom. The van der Waals surface area contributed by atoms with E-state index in [-0.39, 0.29) is 25.3 Å². The summed E-state index contributed by atoms with van der Waals surface area (Å²) in [5, 5.41) is 5.02. The zero-order chi connectivity index (χ0) is 20.2. The molecule has 0 aromatic heterocycles. The number of alkyl halides is 2. The Labute approximate surface area is 164 Å². The van der Waals surface area contributed by atoms with E-state index in [0.717, 1.165) is 11.1 Å². The van der Waals surface area contributed by atoms with Crippen molar-refractivity contribution in [3.63, 3.8) is 0 Å². The maximum atomic E-state index is 13.2. The molecule has 1 unspecified atom stereocenters. The van der Waals surface area contributed by atoms with Gasteiger partial charge in [0.2, 0.25) is 11.8 Å². The van der Waals surface area contributed by atoms with E-state index in [1.807, 2.05) is 60.7 Å². The minimum Gasteiger partial charge on any atom is -0.356 e. The maximum absolute atomic E-state index is 13.2. The second kappa shape index (κ2) is 11.8. The molecule has 1 atom stereocenters. The molecule has 2 amide bonds. The molecular formula is C22H26F2N2O2. The van der Waals surface area contributed by atoms with E-state index in [1.54, 1.807) is 0 Å². The van der Waals surface area contributed by atoms with E-state index in [2.05, 4.69) is 10.6 Å². The molecule has 6 heteroatoms. The standard InChI is InChI=1S/C22H26F2N2O2/c23-22(24)19(26-21(28)14-12-18-9-5-2-6-10-18)15-16-25-20(27)13-11-17-7-3-1-4-8-17/h1-10,19,22H,11-16H2,(H,25,27)(H,26,28). The lowest BCUT2D eigenvalue weighted by atomic mass is 10.1. The van der Waals surface area contributed by atoms with Crippen LogP contribution >= 0.6 is 0 Å². The smallest absolute Gasteiger partial charge is 0.258 e. The topological polar surface area (TPSA) is 58.2 Å². The average Bonchev–Trinajstić information content (AvgIpc) is 2.71. The average molecular weight is 388 g/mol. The third-order valence-corrected chi connectivity index (χ3v) is 4.40. The molecule has 0 heterocycles. The van der Waals surface area contributed by atoms with Crippen LogP contribution in [0.25, 0.3) is 0 Å². The van der Waals surface area contributed by atoms with Gasteiger partial charge >= 0.3 is 0 Å². The first-order valence-corrected chi connectivity index (χ1v) is 9.46. The van der Waals surface area contributed by atoms with Crippen LogP contribution in [-0.4, -0.2) is 30.8 Å². The van der Waals surface area contributed by atoms with Gasteiger partial charge in [-0.1, -0.05) is 60.7 Å². The first kappa shape index (κ1) is 21.5. The lowest BCUT2D eigenvalue weighted by molar-refractivity contribution is -0.123. The van der Waals surface area contributed by atoms with Crippen LogP contribution in [0.3, 0.4) is 0 Å². The van der Waals surface area contributed by atoms with Crippen LogP contribution in [0.4, 0.5) is 8.78 Å². The lowest BCUT2D eigenvalue weighted by Crippen LogP contribution is -2.42. The highest BCUT2D eigenvalue weighted by Gasteiger charge is 2.22. The Bertz CT molecular complexity index is 724. The molecule has 0 aliphatic heterocycles. The van der Waals surface area contributed by atoms with E-state index >= 15 is 0 Å². The van der Waals surface area contributed by atoms with Crippen LogP contribution in [0.5, 0.6) is 0 Å². The number of amides is 2. The number of carbonyl (C=O) groups excluding carboxylic acids is 2. The van der Waals surface area contributed by atoms with E-state index in [0.29, 0.717) is 19.3 Å². The SMILES string of the molecule is O=C(CCc1ccccc1)NCCC(NC(=O)CCc1ccccc1)C(F)F. The van der Waals surface area contributed by atoms with Gasteiger partial charge in [0.1, 0.15) is 0 Å². The van der Waals surface area contributed by atoms with Gasteiger partial charge in [-0.25, -0.2) is 8.78 Å². The molecule has 2 aromatic carbocycles. The number of hydrogen-bond donors (Lipinski definition) is 2. The van der Waals surface area contributed by atoms with Crippen LogP contribution in [0.15, 0.2) is 60.7 Å².